The second-order valence-electron chi connectivity index (χ2n) is 6.90. The first-order valence-electron chi connectivity index (χ1n) is 7.76. The van der Waals surface area contributed by atoms with E-state index in [9.17, 15) is 13.2 Å². The van der Waals surface area contributed by atoms with Gasteiger partial charge in [-0.25, -0.2) is 4.98 Å². The van der Waals surface area contributed by atoms with Crippen LogP contribution in [0.3, 0.4) is 0 Å². The monoisotopic (exact) mass is 376 g/mol. The smallest absolute Gasteiger partial charge is 0.355 e. The minimum Gasteiger partial charge on any atom is -0.355 e. The van der Waals surface area contributed by atoms with Gasteiger partial charge in [-0.2, -0.15) is 18.2 Å². The van der Waals surface area contributed by atoms with Crippen LogP contribution >= 0.6 is 22.9 Å². The summed E-state index contributed by atoms with van der Waals surface area (Å²) in [5.41, 5.74) is 6.24. The molecule has 2 aromatic rings. The second-order valence-corrected chi connectivity index (χ2v) is 8.35. The van der Waals surface area contributed by atoms with Gasteiger partial charge in [0.2, 0.25) is 5.28 Å². The fraction of sp³-hybridized carbons (Fsp3) is 0.600. The quantitative estimate of drug-likeness (QED) is 0.811. The second kappa shape index (κ2) is 5.44. The summed E-state index contributed by atoms with van der Waals surface area (Å²) in [4.78, 5) is 11.2. The van der Waals surface area contributed by atoms with Crippen LogP contribution in [0.1, 0.15) is 24.1 Å². The van der Waals surface area contributed by atoms with Crippen LogP contribution in [0.25, 0.3) is 10.2 Å². The van der Waals surface area contributed by atoms with Gasteiger partial charge in [-0.3, -0.25) is 0 Å². The highest BCUT2D eigenvalue weighted by atomic mass is 35.5. The lowest BCUT2D eigenvalue weighted by Gasteiger charge is -2.49. The molecule has 4 rings (SSSR count). The third-order valence-electron chi connectivity index (χ3n) is 4.86. The molecule has 0 aromatic carbocycles. The van der Waals surface area contributed by atoms with Crippen molar-refractivity contribution in [2.45, 2.75) is 37.9 Å². The number of nitrogens with two attached hydrogens (primary N) is 1. The Morgan fingerprint density at radius 2 is 2.12 bits per heavy atom. The Kier molecular flexibility index (Phi) is 3.71. The Bertz CT molecular complexity index is 785. The molecule has 24 heavy (non-hydrogen) atoms. The number of rotatable bonds is 2. The van der Waals surface area contributed by atoms with Crippen molar-refractivity contribution in [2.75, 3.05) is 18.0 Å². The van der Waals surface area contributed by atoms with Crippen LogP contribution in [0, 0.1) is 5.41 Å². The summed E-state index contributed by atoms with van der Waals surface area (Å²) in [5, 5.41) is 0.725. The first-order chi connectivity index (χ1) is 11.2. The average molecular weight is 377 g/mol. The van der Waals surface area contributed by atoms with Crippen LogP contribution < -0.4 is 10.6 Å². The Morgan fingerprint density at radius 3 is 2.75 bits per heavy atom. The van der Waals surface area contributed by atoms with Crippen molar-refractivity contribution in [3.8, 4) is 0 Å². The van der Waals surface area contributed by atoms with E-state index in [1.165, 1.54) is 0 Å². The van der Waals surface area contributed by atoms with E-state index in [2.05, 4.69) is 14.9 Å². The fourth-order valence-electron chi connectivity index (χ4n) is 3.91. The largest absolute Gasteiger partial charge is 0.393 e. The number of halogens is 4. The molecule has 9 heteroatoms. The molecule has 0 radical (unpaired) electrons. The number of hydrogen-bond donors (Lipinski definition) is 1. The van der Waals surface area contributed by atoms with E-state index in [1.54, 1.807) is 6.07 Å². The minimum absolute atomic E-state index is 0.0713. The van der Waals surface area contributed by atoms with Crippen LogP contribution in [0.5, 0.6) is 0 Å². The highest BCUT2D eigenvalue weighted by Crippen LogP contribution is 2.48. The van der Waals surface area contributed by atoms with Crippen molar-refractivity contribution in [2.24, 2.45) is 11.1 Å². The SMILES string of the molecule is NC1CCC2(C1)CN(c1nc(Cl)nc3sc(CC(F)(F)F)cc13)C2. The third kappa shape index (κ3) is 2.95. The minimum atomic E-state index is -4.24. The molecular formula is C15H16ClF3N4S. The summed E-state index contributed by atoms with van der Waals surface area (Å²) in [5.74, 6) is 0.640. The number of alkyl halides is 3. The summed E-state index contributed by atoms with van der Waals surface area (Å²) in [6.07, 6.45) is -2.07. The zero-order chi connectivity index (χ0) is 17.1. The zero-order valence-electron chi connectivity index (χ0n) is 12.7. The first-order valence-corrected chi connectivity index (χ1v) is 8.96. The van der Waals surface area contributed by atoms with Crippen molar-refractivity contribution in [1.82, 2.24) is 9.97 Å². The molecule has 1 aliphatic carbocycles. The van der Waals surface area contributed by atoms with Crippen molar-refractivity contribution in [3.05, 3.63) is 16.2 Å². The normalized spacial score (nSPS) is 23.2. The number of aromatic nitrogens is 2. The van der Waals surface area contributed by atoms with Gasteiger partial charge in [0, 0.05) is 29.4 Å². The molecule has 3 heterocycles. The lowest BCUT2D eigenvalue weighted by molar-refractivity contribution is -0.126. The maximum Gasteiger partial charge on any atom is 0.393 e. The molecule has 2 N–H and O–H groups in total. The van der Waals surface area contributed by atoms with Crippen molar-refractivity contribution < 1.29 is 13.2 Å². The van der Waals surface area contributed by atoms with Crippen molar-refractivity contribution in [3.63, 3.8) is 0 Å². The molecule has 1 saturated heterocycles. The molecular weight excluding hydrogens is 361 g/mol. The molecule has 2 fully saturated rings. The van der Waals surface area contributed by atoms with Crippen LogP contribution in [0.15, 0.2) is 6.07 Å². The number of fused-ring (bicyclic) bond motifs is 1. The molecule has 2 aliphatic rings. The standard InChI is InChI=1S/C15H16ClF3N4S/c16-13-21-11(23-6-14(7-23)2-1-8(20)4-14)10-3-9(5-15(17,18)19)24-12(10)22-13/h3,8H,1-2,4-7,20H2. The maximum absolute atomic E-state index is 12.6. The summed E-state index contributed by atoms with van der Waals surface area (Å²) >= 11 is 7.01. The van der Waals surface area contributed by atoms with Crippen LogP contribution in [-0.4, -0.2) is 35.3 Å². The van der Waals surface area contributed by atoms with Gasteiger partial charge in [-0.15, -0.1) is 11.3 Å². The lowest BCUT2D eigenvalue weighted by atomic mass is 9.78. The highest BCUT2D eigenvalue weighted by Gasteiger charge is 2.48. The molecule has 1 atom stereocenters. The summed E-state index contributed by atoms with van der Waals surface area (Å²) in [7, 11) is 0. The lowest BCUT2D eigenvalue weighted by Crippen LogP contribution is -2.56. The van der Waals surface area contributed by atoms with Gasteiger partial charge in [0.25, 0.3) is 0 Å². The number of hydrogen-bond acceptors (Lipinski definition) is 5. The number of nitrogens with zero attached hydrogens (tertiary/aromatic N) is 3. The average Bonchev–Trinajstić information content (AvgIpc) is 2.97. The van der Waals surface area contributed by atoms with Gasteiger partial charge in [0.15, 0.2) is 0 Å². The van der Waals surface area contributed by atoms with Crippen LogP contribution in [-0.2, 0) is 6.42 Å². The molecule has 1 aliphatic heterocycles. The molecule has 1 spiro atoms. The van der Waals surface area contributed by atoms with Crippen molar-refractivity contribution in [1.29, 1.82) is 0 Å². The maximum atomic E-state index is 12.6. The number of thiophene rings is 1. The van der Waals surface area contributed by atoms with E-state index in [-0.39, 0.29) is 21.6 Å². The molecule has 1 unspecified atom stereocenters. The van der Waals surface area contributed by atoms with Gasteiger partial charge in [-0.1, -0.05) is 0 Å². The first kappa shape index (κ1) is 16.4. The van der Waals surface area contributed by atoms with Gasteiger partial charge in [0.1, 0.15) is 10.6 Å². The Hall–Kier alpha value is -1.12. The van der Waals surface area contributed by atoms with E-state index in [0.29, 0.717) is 16.0 Å². The third-order valence-corrected chi connectivity index (χ3v) is 6.06. The predicted molar refractivity (Wildman–Crippen MR) is 88.7 cm³/mol. The molecule has 130 valence electrons. The topological polar surface area (TPSA) is 55.0 Å². The van der Waals surface area contributed by atoms with Gasteiger partial charge >= 0.3 is 6.18 Å². The van der Waals surface area contributed by atoms with E-state index < -0.39 is 12.6 Å². The van der Waals surface area contributed by atoms with E-state index in [1.807, 2.05) is 0 Å². The summed E-state index contributed by atoms with van der Waals surface area (Å²) in [6.45, 7) is 1.65. The summed E-state index contributed by atoms with van der Waals surface area (Å²) < 4.78 is 37.9. The van der Waals surface area contributed by atoms with Crippen LogP contribution in [0.4, 0.5) is 19.0 Å². The van der Waals surface area contributed by atoms with E-state index in [4.69, 9.17) is 17.3 Å². The van der Waals surface area contributed by atoms with Crippen molar-refractivity contribution >= 4 is 39.0 Å². The van der Waals surface area contributed by atoms with Gasteiger partial charge in [0.05, 0.1) is 11.8 Å². The Labute approximate surface area is 145 Å². The molecule has 4 nitrogen and oxygen atoms in total. The van der Waals surface area contributed by atoms with E-state index in [0.717, 1.165) is 43.7 Å². The highest BCUT2D eigenvalue weighted by molar-refractivity contribution is 7.18. The van der Waals surface area contributed by atoms with Gasteiger partial charge < -0.3 is 10.6 Å². The molecule has 2 aromatic heterocycles. The molecule has 1 saturated carbocycles. The molecule has 0 bridgehead atoms. The van der Waals surface area contributed by atoms with Crippen LogP contribution in [0.2, 0.25) is 5.28 Å². The predicted octanol–water partition coefficient (Wildman–Crippen LogP) is 3.77. The Balaban J connectivity index is 1.63. The zero-order valence-corrected chi connectivity index (χ0v) is 14.3. The van der Waals surface area contributed by atoms with E-state index >= 15 is 0 Å². The Morgan fingerprint density at radius 1 is 1.38 bits per heavy atom. The summed E-state index contributed by atoms with van der Waals surface area (Å²) in [6, 6.07) is 1.80. The van der Waals surface area contributed by atoms with Gasteiger partial charge in [-0.05, 0) is 36.9 Å². The molecule has 0 amide bonds. The number of anilines is 1. The fourth-order valence-corrected chi connectivity index (χ4v) is 5.18.